The summed E-state index contributed by atoms with van der Waals surface area (Å²) >= 11 is 0. The molecule has 0 bridgehead atoms. The number of hydrogen-bond donors (Lipinski definition) is 2. The quantitative estimate of drug-likeness (QED) is 0.864. The summed E-state index contributed by atoms with van der Waals surface area (Å²) < 4.78 is 0. The molecule has 0 spiro atoms. The predicted octanol–water partition coefficient (Wildman–Crippen LogP) is 1.37. The van der Waals surface area contributed by atoms with E-state index in [1.54, 1.807) is 11.8 Å². The van der Waals surface area contributed by atoms with E-state index in [9.17, 15) is 14.7 Å². The zero-order chi connectivity index (χ0) is 15.2. The summed E-state index contributed by atoms with van der Waals surface area (Å²) in [6.07, 6.45) is 3.43. The first-order chi connectivity index (χ1) is 9.90. The monoisotopic (exact) mass is 290 g/mol. The van der Waals surface area contributed by atoms with Crippen molar-refractivity contribution in [2.24, 2.45) is 5.92 Å². The van der Waals surface area contributed by atoms with Gasteiger partial charge in [-0.1, -0.05) is 0 Å². The molecule has 1 aromatic heterocycles. The lowest BCUT2D eigenvalue weighted by atomic mass is 9.89. The molecule has 1 amide bonds. The van der Waals surface area contributed by atoms with Gasteiger partial charge in [0, 0.05) is 18.8 Å². The average molecular weight is 290 g/mol. The first-order valence-electron chi connectivity index (χ1n) is 7.63. The molecule has 114 valence electrons. The van der Waals surface area contributed by atoms with Gasteiger partial charge in [0.15, 0.2) is 0 Å². The minimum atomic E-state index is -0.466. The summed E-state index contributed by atoms with van der Waals surface area (Å²) in [6, 6.07) is 1.83. The molecule has 5 nitrogen and oxygen atoms in total. The Balaban J connectivity index is 1.74. The molecule has 2 heterocycles. The molecule has 5 heteroatoms. The van der Waals surface area contributed by atoms with Gasteiger partial charge in [-0.25, -0.2) is 0 Å². The Morgan fingerprint density at radius 1 is 1.33 bits per heavy atom. The molecule has 1 saturated carbocycles. The third-order valence-electron chi connectivity index (χ3n) is 4.88. The highest BCUT2D eigenvalue weighted by Gasteiger charge is 2.48. The molecule has 0 atom stereocenters. The number of H-pyrrole nitrogens is 1. The van der Waals surface area contributed by atoms with Gasteiger partial charge >= 0.3 is 0 Å². The number of piperidine rings is 1. The van der Waals surface area contributed by atoms with Crippen LogP contribution in [0.25, 0.3) is 0 Å². The lowest BCUT2D eigenvalue weighted by Gasteiger charge is -2.34. The van der Waals surface area contributed by atoms with Gasteiger partial charge in [0.05, 0.1) is 5.60 Å². The van der Waals surface area contributed by atoms with Crippen molar-refractivity contribution in [3.8, 4) is 0 Å². The number of amides is 1. The minimum Gasteiger partial charge on any atom is -0.390 e. The van der Waals surface area contributed by atoms with E-state index in [-0.39, 0.29) is 17.0 Å². The number of likely N-dealkylation sites (tertiary alicyclic amines) is 1. The standard InChI is InChI=1S/C16H22N2O3/c1-10-9-11(2)17-14(19)13(10)15(20)18-7-3-12(4-8-18)16(21)5-6-16/h9,12,21H,3-8H2,1-2H3,(H,17,19). The van der Waals surface area contributed by atoms with Crippen molar-refractivity contribution in [3.05, 3.63) is 33.2 Å². The molecule has 2 N–H and O–H groups in total. The van der Waals surface area contributed by atoms with Crippen LogP contribution >= 0.6 is 0 Å². The second-order valence-electron chi connectivity index (χ2n) is 6.51. The fourth-order valence-electron chi connectivity index (χ4n) is 3.43. The van der Waals surface area contributed by atoms with Crippen LogP contribution in [0, 0.1) is 19.8 Å². The molecule has 1 aliphatic carbocycles. The van der Waals surface area contributed by atoms with E-state index in [1.807, 2.05) is 13.0 Å². The zero-order valence-corrected chi connectivity index (χ0v) is 12.6. The van der Waals surface area contributed by atoms with E-state index in [0.717, 1.165) is 36.9 Å². The Hall–Kier alpha value is -1.62. The molecule has 0 aromatic carbocycles. The number of aliphatic hydroxyl groups is 1. The number of carbonyl (C=O) groups is 1. The van der Waals surface area contributed by atoms with Crippen molar-refractivity contribution in [1.82, 2.24) is 9.88 Å². The highest BCUT2D eigenvalue weighted by Crippen LogP contribution is 2.46. The van der Waals surface area contributed by atoms with Crippen molar-refractivity contribution in [1.29, 1.82) is 0 Å². The topological polar surface area (TPSA) is 73.4 Å². The molecule has 0 unspecified atom stereocenters. The van der Waals surface area contributed by atoms with Crippen LogP contribution in [-0.2, 0) is 0 Å². The van der Waals surface area contributed by atoms with Crippen molar-refractivity contribution in [2.75, 3.05) is 13.1 Å². The highest BCUT2D eigenvalue weighted by atomic mass is 16.3. The second-order valence-corrected chi connectivity index (χ2v) is 6.51. The average Bonchev–Trinajstić information content (AvgIpc) is 3.17. The fraction of sp³-hybridized carbons (Fsp3) is 0.625. The summed E-state index contributed by atoms with van der Waals surface area (Å²) in [5.74, 6) is 0.119. The number of hydrogen-bond acceptors (Lipinski definition) is 3. The molecule has 0 radical (unpaired) electrons. The number of aryl methyl sites for hydroxylation is 2. The SMILES string of the molecule is Cc1cc(C)c(C(=O)N2CCC(C3(O)CC3)CC2)c(=O)[nH]1. The van der Waals surface area contributed by atoms with Crippen molar-refractivity contribution in [2.45, 2.75) is 45.1 Å². The Morgan fingerprint density at radius 3 is 2.48 bits per heavy atom. The summed E-state index contributed by atoms with van der Waals surface area (Å²) in [4.78, 5) is 29.0. The third kappa shape index (κ3) is 2.62. The number of nitrogens with one attached hydrogen (secondary N) is 1. The Bertz CT molecular complexity index is 623. The van der Waals surface area contributed by atoms with Crippen LogP contribution in [0.3, 0.4) is 0 Å². The summed E-state index contributed by atoms with van der Waals surface area (Å²) in [5, 5.41) is 10.2. The normalized spacial score (nSPS) is 21.4. The van der Waals surface area contributed by atoms with Crippen LogP contribution in [0.1, 0.15) is 47.3 Å². The van der Waals surface area contributed by atoms with Gasteiger partial charge in [-0.15, -0.1) is 0 Å². The fourth-order valence-corrected chi connectivity index (χ4v) is 3.43. The molecule has 1 saturated heterocycles. The maximum Gasteiger partial charge on any atom is 0.261 e. The molecule has 2 fully saturated rings. The number of nitrogens with zero attached hydrogens (tertiary/aromatic N) is 1. The first-order valence-corrected chi connectivity index (χ1v) is 7.63. The Kier molecular flexibility index (Phi) is 3.40. The van der Waals surface area contributed by atoms with E-state index in [2.05, 4.69) is 4.98 Å². The molecule has 3 rings (SSSR count). The maximum absolute atomic E-state index is 12.6. The summed E-state index contributed by atoms with van der Waals surface area (Å²) in [6.45, 7) is 4.86. The maximum atomic E-state index is 12.6. The molecular formula is C16H22N2O3. The second kappa shape index (κ2) is 4.98. The number of pyridine rings is 1. The number of rotatable bonds is 2. The van der Waals surface area contributed by atoms with Crippen LogP contribution in [0.15, 0.2) is 10.9 Å². The zero-order valence-electron chi connectivity index (χ0n) is 12.6. The van der Waals surface area contributed by atoms with E-state index >= 15 is 0 Å². The number of carbonyl (C=O) groups excluding carboxylic acids is 1. The molecular weight excluding hydrogens is 268 g/mol. The van der Waals surface area contributed by atoms with Gasteiger partial charge in [0.2, 0.25) is 0 Å². The lowest BCUT2D eigenvalue weighted by Crippen LogP contribution is -2.43. The van der Waals surface area contributed by atoms with Crippen LogP contribution in [0.4, 0.5) is 0 Å². The van der Waals surface area contributed by atoms with Gasteiger partial charge in [0.1, 0.15) is 5.56 Å². The van der Waals surface area contributed by atoms with Crippen molar-refractivity contribution < 1.29 is 9.90 Å². The van der Waals surface area contributed by atoms with E-state index < -0.39 is 5.60 Å². The third-order valence-corrected chi connectivity index (χ3v) is 4.88. The predicted molar refractivity (Wildman–Crippen MR) is 79.3 cm³/mol. The smallest absolute Gasteiger partial charge is 0.261 e. The molecule has 1 aliphatic heterocycles. The van der Waals surface area contributed by atoms with Gasteiger partial charge in [0.25, 0.3) is 11.5 Å². The van der Waals surface area contributed by atoms with Gasteiger partial charge in [-0.2, -0.15) is 0 Å². The van der Waals surface area contributed by atoms with Gasteiger partial charge in [-0.05, 0) is 57.1 Å². The van der Waals surface area contributed by atoms with Crippen LogP contribution in [-0.4, -0.2) is 39.6 Å². The van der Waals surface area contributed by atoms with Crippen LogP contribution in [0.2, 0.25) is 0 Å². The molecule has 21 heavy (non-hydrogen) atoms. The van der Waals surface area contributed by atoms with E-state index in [1.165, 1.54) is 0 Å². The van der Waals surface area contributed by atoms with Crippen molar-refractivity contribution >= 4 is 5.91 Å². The van der Waals surface area contributed by atoms with Crippen LogP contribution < -0.4 is 5.56 Å². The number of aromatic nitrogens is 1. The first kappa shape index (κ1) is 14.3. The lowest BCUT2D eigenvalue weighted by molar-refractivity contribution is 0.0339. The Labute approximate surface area is 124 Å². The van der Waals surface area contributed by atoms with Gasteiger partial charge in [-0.3, -0.25) is 9.59 Å². The highest BCUT2D eigenvalue weighted by molar-refractivity contribution is 5.95. The largest absolute Gasteiger partial charge is 0.390 e. The summed E-state index contributed by atoms with van der Waals surface area (Å²) in [7, 11) is 0. The molecule has 1 aromatic rings. The number of aromatic amines is 1. The molecule has 2 aliphatic rings. The van der Waals surface area contributed by atoms with E-state index in [0.29, 0.717) is 19.0 Å². The Morgan fingerprint density at radius 2 is 1.95 bits per heavy atom. The van der Waals surface area contributed by atoms with Gasteiger partial charge < -0.3 is 15.0 Å². The van der Waals surface area contributed by atoms with Crippen LogP contribution in [0.5, 0.6) is 0 Å². The van der Waals surface area contributed by atoms with Crippen molar-refractivity contribution in [3.63, 3.8) is 0 Å². The minimum absolute atomic E-state index is 0.185. The summed E-state index contributed by atoms with van der Waals surface area (Å²) in [5.41, 5.74) is 0.976. The van der Waals surface area contributed by atoms with E-state index in [4.69, 9.17) is 0 Å².